The van der Waals surface area contributed by atoms with E-state index in [-0.39, 0.29) is 0 Å². The maximum atomic E-state index is 5.56. The zero-order valence-electron chi connectivity index (χ0n) is 35.2. The molecule has 0 saturated heterocycles. The van der Waals surface area contributed by atoms with Crippen LogP contribution in [-0.4, -0.2) is 14.1 Å². The van der Waals surface area contributed by atoms with Crippen LogP contribution in [0, 0.1) is 0 Å². The third-order valence-corrected chi connectivity index (χ3v) is 14.7. The molecular weight excluding hydrogens is 787 g/mol. The van der Waals surface area contributed by atoms with Crippen molar-refractivity contribution in [2.75, 3.05) is 0 Å². The molecule has 15 rings (SSSR count). The second kappa shape index (κ2) is 12.8. The van der Waals surface area contributed by atoms with Crippen molar-refractivity contribution in [2.45, 2.75) is 5.41 Å². The lowest BCUT2D eigenvalue weighted by Crippen LogP contribution is -2.25. The first kappa shape index (κ1) is 35.0. The highest BCUT2D eigenvalue weighted by molar-refractivity contribution is 6.21. The lowest BCUT2D eigenvalue weighted by atomic mass is 9.70. The van der Waals surface area contributed by atoms with E-state index in [9.17, 15) is 0 Å². The Bertz CT molecular complexity index is 4140. The summed E-state index contributed by atoms with van der Waals surface area (Å²) in [6.07, 6.45) is 0. The van der Waals surface area contributed by atoms with Gasteiger partial charge in [-0.3, -0.25) is 0 Å². The second-order valence-electron chi connectivity index (χ2n) is 17.8. The van der Waals surface area contributed by atoms with E-state index >= 15 is 0 Å². The number of hydrogen-bond donors (Lipinski definition) is 0. The molecule has 1 spiro atoms. The summed E-state index contributed by atoms with van der Waals surface area (Å²) >= 11 is 0. The Morgan fingerprint density at radius 1 is 0.323 bits per heavy atom. The number of pyridine rings is 1. The van der Waals surface area contributed by atoms with Gasteiger partial charge in [-0.1, -0.05) is 170 Å². The molecule has 3 heterocycles. The average molecular weight is 824 g/mol. The summed E-state index contributed by atoms with van der Waals surface area (Å²) < 4.78 is 4.87. The molecule has 0 fully saturated rings. The number of hydrogen-bond acceptors (Lipinski definition) is 1. The van der Waals surface area contributed by atoms with Gasteiger partial charge in [0.1, 0.15) is 0 Å². The van der Waals surface area contributed by atoms with Gasteiger partial charge in [0, 0.05) is 54.6 Å². The van der Waals surface area contributed by atoms with Crippen molar-refractivity contribution in [3.63, 3.8) is 0 Å². The molecule has 13 aromatic rings. The molecular formula is C62H37N3. The molecule has 2 aliphatic rings. The molecule has 0 aliphatic heterocycles. The van der Waals surface area contributed by atoms with E-state index < -0.39 is 5.41 Å². The Labute approximate surface area is 374 Å². The number of benzene rings is 10. The van der Waals surface area contributed by atoms with E-state index in [1.54, 1.807) is 0 Å². The van der Waals surface area contributed by atoms with Gasteiger partial charge in [-0.25, -0.2) is 4.98 Å². The molecule has 0 N–H and O–H groups in total. The Morgan fingerprint density at radius 3 is 1.55 bits per heavy atom. The quantitative estimate of drug-likeness (QED) is 0.163. The van der Waals surface area contributed by atoms with Gasteiger partial charge in [-0.05, 0) is 99.1 Å². The summed E-state index contributed by atoms with van der Waals surface area (Å²) in [4.78, 5) is 5.56. The third kappa shape index (κ3) is 4.46. The minimum Gasteiger partial charge on any atom is -0.309 e. The molecule has 10 aromatic carbocycles. The van der Waals surface area contributed by atoms with E-state index in [4.69, 9.17) is 4.98 Å². The van der Waals surface area contributed by atoms with Gasteiger partial charge in [-0.15, -0.1) is 0 Å². The molecule has 0 bridgehead atoms. The van der Waals surface area contributed by atoms with Crippen LogP contribution in [0.25, 0.3) is 110 Å². The molecule has 3 aromatic heterocycles. The largest absolute Gasteiger partial charge is 0.309 e. The SMILES string of the molecule is c1ccc(-n2c3ccccc3c3cc4c5ccccc5n(-c5cccc(-c6nc7ccccc7c7c8c(ccc67)C6(c7ccccc7-c7ccccc76)c6ccccc6-8)c5)c4cc32)cc1. The summed E-state index contributed by atoms with van der Waals surface area (Å²) in [5, 5.41) is 8.56. The monoisotopic (exact) mass is 823 g/mol. The molecule has 0 saturated carbocycles. The zero-order valence-corrected chi connectivity index (χ0v) is 35.2. The van der Waals surface area contributed by atoms with Crippen molar-refractivity contribution in [3.8, 4) is 44.9 Å². The lowest BCUT2D eigenvalue weighted by molar-refractivity contribution is 0.794. The number of fused-ring (bicyclic) bond motifs is 20. The fourth-order valence-electron chi connectivity index (χ4n) is 12.2. The van der Waals surface area contributed by atoms with Crippen molar-refractivity contribution >= 4 is 65.3 Å². The zero-order chi connectivity index (χ0) is 42.4. The van der Waals surface area contributed by atoms with Crippen LogP contribution in [0.4, 0.5) is 0 Å². The van der Waals surface area contributed by atoms with Gasteiger partial charge in [0.15, 0.2) is 0 Å². The van der Waals surface area contributed by atoms with Crippen LogP contribution in [0.2, 0.25) is 0 Å². The Kier molecular flexibility index (Phi) is 6.88. The van der Waals surface area contributed by atoms with Crippen molar-refractivity contribution in [1.29, 1.82) is 0 Å². The summed E-state index contributed by atoms with van der Waals surface area (Å²) in [6.45, 7) is 0. The number of aromatic nitrogens is 3. The van der Waals surface area contributed by atoms with Crippen molar-refractivity contribution in [2.24, 2.45) is 0 Å². The first-order valence-corrected chi connectivity index (χ1v) is 22.6. The smallest absolute Gasteiger partial charge is 0.0789 e. The Hall–Kier alpha value is -8.53. The molecule has 3 nitrogen and oxygen atoms in total. The van der Waals surface area contributed by atoms with Crippen LogP contribution in [0.3, 0.4) is 0 Å². The van der Waals surface area contributed by atoms with Crippen LogP contribution >= 0.6 is 0 Å². The Morgan fingerprint density at radius 2 is 0.862 bits per heavy atom. The van der Waals surface area contributed by atoms with Gasteiger partial charge >= 0.3 is 0 Å². The highest BCUT2D eigenvalue weighted by Gasteiger charge is 2.52. The lowest BCUT2D eigenvalue weighted by Gasteiger charge is -2.30. The molecule has 300 valence electrons. The predicted octanol–water partition coefficient (Wildman–Crippen LogP) is 15.6. The highest BCUT2D eigenvalue weighted by Crippen LogP contribution is 2.64. The van der Waals surface area contributed by atoms with E-state index in [1.165, 1.54) is 98.9 Å². The molecule has 0 unspecified atom stereocenters. The van der Waals surface area contributed by atoms with Crippen LogP contribution in [0.5, 0.6) is 0 Å². The minimum absolute atomic E-state index is 0.425. The van der Waals surface area contributed by atoms with Gasteiger partial charge in [-0.2, -0.15) is 0 Å². The van der Waals surface area contributed by atoms with Gasteiger partial charge in [0.05, 0.1) is 38.7 Å². The molecule has 0 atom stereocenters. The summed E-state index contributed by atoms with van der Waals surface area (Å²) in [5.41, 5.74) is 20.2. The topological polar surface area (TPSA) is 22.8 Å². The molecule has 0 radical (unpaired) electrons. The normalized spacial score (nSPS) is 13.4. The van der Waals surface area contributed by atoms with E-state index in [0.29, 0.717) is 0 Å². The van der Waals surface area contributed by atoms with Gasteiger partial charge in [0.25, 0.3) is 0 Å². The van der Waals surface area contributed by atoms with E-state index in [0.717, 1.165) is 33.5 Å². The number of rotatable bonds is 3. The number of nitrogens with zero attached hydrogens (tertiary/aromatic N) is 3. The van der Waals surface area contributed by atoms with Crippen molar-refractivity contribution < 1.29 is 0 Å². The van der Waals surface area contributed by atoms with Gasteiger partial charge in [0.2, 0.25) is 0 Å². The van der Waals surface area contributed by atoms with Crippen LogP contribution in [0.1, 0.15) is 22.3 Å². The fraction of sp³-hybridized carbons (Fsp3) is 0.0161. The minimum atomic E-state index is -0.425. The summed E-state index contributed by atoms with van der Waals surface area (Å²) in [7, 11) is 0. The molecule has 3 heteroatoms. The molecule has 65 heavy (non-hydrogen) atoms. The fourth-order valence-corrected chi connectivity index (χ4v) is 12.2. The first-order chi connectivity index (χ1) is 32.3. The van der Waals surface area contributed by atoms with Crippen LogP contribution in [0.15, 0.2) is 224 Å². The molecule has 2 aliphatic carbocycles. The highest BCUT2D eigenvalue weighted by atomic mass is 15.0. The summed E-state index contributed by atoms with van der Waals surface area (Å²) in [5.74, 6) is 0. The maximum absolute atomic E-state index is 5.56. The van der Waals surface area contributed by atoms with Crippen LogP contribution in [-0.2, 0) is 5.41 Å². The average Bonchev–Trinajstić information content (AvgIpc) is 4.07. The second-order valence-corrected chi connectivity index (χ2v) is 17.8. The first-order valence-electron chi connectivity index (χ1n) is 22.6. The van der Waals surface area contributed by atoms with Crippen molar-refractivity contribution in [3.05, 3.63) is 247 Å². The Balaban J connectivity index is 1.00. The summed E-state index contributed by atoms with van der Waals surface area (Å²) in [6, 6.07) is 83.0. The van der Waals surface area contributed by atoms with Gasteiger partial charge < -0.3 is 9.13 Å². The van der Waals surface area contributed by atoms with E-state index in [2.05, 4.69) is 234 Å². The predicted molar refractivity (Wildman–Crippen MR) is 270 cm³/mol. The molecule has 0 amide bonds. The van der Waals surface area contributed by atoms with E-state index in [1.807, 2.05) is 0 Å². The van der Waals surface area contributed by atoms with Crippen molar-refractivity contribution in [1.82, 2.24) is 14.1 Å². The third-order valence-electron chi connectivity index (χ3n) is 14.7. The number of para-hydroxylation sites is 4. The standard InChI is InChI=1S/C62H37N3/c1-2-18-39(19-3-1)64-55-31-14-8-23-43(55)48-36-49-44-24-9-15-32-56(44)65(58(49)37-57(48)64)40-20-16-17-38(35-40)61-47-33-34-53-60(59(47)46-26-7-13-30-54(46)63-61)45-25-6-12-29-52(45)62(53)50-27-10-4-21-41(50)42-22-5-11-28-51(42)62/h1-37H. The van der Waals surface area contributed by atoms with Crippen LogP contribution < -0.4 is 0 Å². The maximum Gasteiger partial charge on any atom is 0.0789 e.